The summed E-state index contributed by atoms with van der Waals surface area (Å²) in [5.74, 6) is 0.846. The van der Waals surface area contributed by atoms with Gasteiger partial charge in [0, 0.05) is 42.8 Å². The first-order chi connectivity index (χ1) is 16.3. The standard InChI is InChI=1S/C23H21F3N6OS/c1-33-18-6-8-19(9-7-18)34-32-12-10-31(11-13-32)22-29-20(23(24,25)26)14-21(30-22)28-17-4-2-16(15-27)3-5-17/h2-9,14H,10-13H2,1H3,(H,28,29,30). The van der Waals surface area contributed by atoms with Gasteiger partial charge in [-0.3, -0.25) is 0 Å². The summed E-state index contributed by atoms with van der Waals surface area (Å²) in [5.41, 5.74) is -0.0311. The normalized spacial score (nSPS) is 14.5. The minimum Gasteiger partial charge on any atom is -0.497 e. The summed E-state index contributed by atoms with van der Waals surface area (Å²) >= 11 is 1.59. The van der Waals surface area contributed by atoms with Crippen LogP contribution in [0, 0.1) is 11.3 Å². The number of aromatic nitrogens is 2. The third-order valence-electron chi connectivity index (χ3n) is 5.11. The summed E-state index contributed by atoms with van der Waals surface area (Å²) in [6.45, 7) is 2.24. The van der Waals surface area contributed by atoms with Crippen molar-refractivity contribution in [1.82, 2.24) is 14.3 Å². The van der Waals surface area contributed by atoms with Gasteiger partial charge in [-0.25, -0.2) is 9.29 Å². The van der Waals surface area contributed by atoms with Crippen LogP contribution in [0.25, 0.3) is 0 Å². The Balaban J connectivity index is 1.47. The van der Waals surface area contributed by atoms with Crippen LogP contribution < -0.4 is 15.0 Å². The number of benzene rings is 2. The van der Waals surface area contributed by atoms with Crippen molar-refractivity contribution in [2.75, 3.05) is 43.5 Å². The Hall–Kier alpha value is -3.49. The molecule has 1 aromatic heterocycles. The number of nitrogens with one attached hydrogen (secondary N) is 1. The zero-order valence-electron chi connectivity index (χ0n) is 18.2. The molecule has 34 heavy (non-hydrogen) atoms. The van der Waals surface area contributed by atoms with Crippen LogP contribution in [-0.4, -0.2) is 47.6 Å². The van der Waals surface area contributed by atoms with Gasteiger partial charge in [-0.05, 0) is 60.5 Å². The quantitative estimate of drug-likeness (QED) is 0.491. The molecular formula is C23H21F3N6OS. The third-order valence-corrected chi connectivity index (χ3v) is 6.21. The summed E-state index contributed by atoms with van der Waals surface area (Å²) in [5, 5.41) is 11.8. The van der Waals surface area contributed by atoms with Crippen LogP contribution in [0.5, 0.6) is 5.75 Å². The Morgan fingerprint density at radius 2 is 1.68 bits per heavy atom. The van der Waals surface area contributed by atoms with Crippen LogP contribution in [-0.2, 0) is 6.18 Å². The Kier molecular flexibility index (Phi) is 7.09. The number of halogens is 3. The molecule has 2 heterocycles. The van der Waals surface area contributed by atoms with Crippen LogP contribution >= 0.6 is 11.9 Å². The minimum absolute atomic E-state index is 0.0278. The zero-order chi connectivity index (χ0) is 24.1. The number of nitriles is 1. The Morgan fingerprint density at radius 1 is 1.00 bits per heavy atom. The van der Waals surface area contributed by atoms with Crippen molar-refractivity contribution in [3.63, 3.8) is 0 Å². The van der Waals surface area contributed by atoms with E-state index in [1.54, 1.807) is 48.2 Å². The summed E-state index contributed by atoms with van der Waals surface area (Å²) in [4.78, 5) is 10.9. The van der Waals surface area contributed by atoms with Gasteiger partial charge in [-0.2, -0.15) is 23.4 Å². The van der Waals surface area contributed by atoms with Crippen LogP contribution in [0.1, 0.15) is 11.3 Å². The monoisotopic (exact) mass is 486 g/mol. The van der Waals surface area contributed by atoms with Crippen LogP contribution in [0.15, 0.2) is 59.5 Å². The number of ether oxygens (including phenoxy) is 1. The molecule has 0 spiro atoms. The molecule has 11 heteroatoms. The lowest BCUT2D eigenvalue weighted by Gasteiger charge is -2.34. The van der Waals surface area contributed by atoms with Gasteiger partial charge in [0.25, 0.3) is 0 Å². The Morgan fingerprint density at radius 3 is 2.26 bits per heavy atom. The molecule has 1 N–H and O–H groups in total. The molecule has 0 saturated carbocycles. The molecule has 1 aliphatic rings. The SMILES string of the molecule is COc1ccc(SN2CCN(c3nc(Nc4ccc(C#N)cc4)cc(C(F)(F)F)n3)CC2)cc1. The van der Waals surface area contributed by atoms with Gasteiger partial charge < -0.3 is 15.0 Å². The van der Waals surface area contributed by atoms with E-state index in [0.717, 1.165) is 16.7 Å². The molecule has 176 valence electrons. The first-order valence-corrected chi connectivity index (χ1v) is 11.2. The topological polar surface area (TPSA) is 77.3 Å². The maximum atomic E-state index is 13.5. The number of hydrogen-bond acceptors (Lipinski definition) is 8. The van der Waals surface area contributed by atoms with E-state index < -0.39 is 11.9 Å². The molecule has 4 rings (SSSR count). The Bertz CT molecular complexity index is 1160. The second kappa shape index (κ2) is 10.2. The average Bonchev–Trinajstić information content (AvgIpc) is 2.85. The van der Waals surface area contributed by atoms with Gasteiger partial charge in [-0.15, -0.1) is 0 Å². The molecule has 1 aliphatic heterocycles. The number of piperazine rings is 1. The highest BCUT2D eigenvalue weighted by Gasteiger charge is 2.34. The maximum Gasteiger partial charge on any atom is 0.433 e. The van der Waals surface area contributed by atoms with E-state index in [1.807, 2.05) is 30.3 Å². The van der Waals surface area contributed by atoms with E-state index >= 15 is 0 Å². The highest BCUT2D eigenvalue weighted by molar-refractivity contribution is 7.97. The lowest BCUT2D eigenvalue weighted by molar-refractivity contribution is -0.141. The summed E-state index contributed by atoms with van der Waals surface area (Å²) < 4.78 is 47.9. The van der Waals surface area contributed by atoms with Gasteiger partial charge in [0.1, 0.15) is 11.6 Å². The summed E-state index contributed by atoms with van der Waals surface area (Å²) in [6.07, 6.45) is -4.61. The maximum absolute atomic E-state index is 13.5. The van der Waals surface area contributed by atoms with E-state index in [9.17, 15) is 13.2 Å². The molecule has 2 aromatic carbocycles. The van der Waals surface area contributed by atoms with Crippen LogP contribution in [0.4, 0.5) is 30.6 Å². The van der Waals surface area contributed by atoms with E-state index in [1.165, 1.54) is 0 Å². The molecule has 1 saturated heterocycles. The molecule has 0 aliphatic carbocycles. The lowest BCUT2D eigenvalue weighted by Crippen LogP contribution is -2.44. The second-order valence-corrected chi connectivity index (χ2v) is 8.60. The second-order valence-electron chi connectivity index (χ2n) is 7.43. The zero-order valence-corrected chi connectivity index (χ0v) is 19.0. The number of nitrogens with zero attached hydrogens (tertiary/aromatic N) is 5. The van der Waals surface area contributed by atoms with Crippen molar-refractivity contribution in [3.8, 4) is 11.8 Å². The molecule has 0 unspecified atom stereocenters. The Labute approximate surface area is 199 Å². The minimum atomic E-state index is -4.61. The van der Waals surface area contributed by atoms with Gasteiger partial charge in [0.2, 0.25) is 5.95 Å². The molecule has 0 amide bonds. The van der Waals surface area contributed by atoms with Gasteiger partial charge >= 0.3 is 6.18 Å². The van der Waals surface area contributed by atoms with Crippen molar-refractivity contribution in [2.45, 2.75) is 11.1 Å². The predicted molar refractivity (Wildman–Crippen MR) is 124 cm³/mol. The summed E-state index contributed by atoms with van der Waals surface area (Å²) in [6, 6.07) is 17.0. The molecule has 7 nitrogen and oxygen atoms in total. The fourth-order valence-corrected chi connectivity index (χ4v) is 4.23. The largest absolute Gasteiger partial charge is 0.497 e. The van der Waals surface area contributed by atoms with Crippen molar-refractivity contribution < 1.29 is 17.9 Å². The van der Waals surface area contributed by atoms with Crippen LogP contribution in [0.2, 0.25) is 0 Å². The average molecular weight is 487 g/mol. The van der Waals surface area contributed by atoms with Crippen molar-refractivity contribution >= 4 is 29.4 Å². The van der Waals surface area contributed by atoms with Gasteiger partial charge in [-0.1, -0.05) is 0 Å². The first-order valence-electron chi connectivity index (χ1n) is 10.4. The number of methoxy groups -OCH3 is 1. The van der Waals surface area contributed by atoms with Crippen molar-refractivity contribution in [3.05, 3.63) is 65.9 Å². The van der Waals surface area contributed by atoms with Gasteiger partial charge in [0.05, 0.1) is 18.7 Å². The molecular weight excluding hydrogens is 465 g/mol. The highest BCUT2D eigenvalue weighted by Crippen LogP contribution is 2.32. The van der Waals surface area contributed by atoms with E-state index in [2.05, 4.69) is 19.6 Å². The smallest absolute Gasteiger partial charge is 0.433 e. The van der Waals surface area contributed by atoms with E-state index in [-0.39, 0.29) is 11.8 Å². The number of alkyl halides is 3. The molecule has 1 fully saturated rings. The van der Waals surface area contributed by atoms with Crippen molar-refractivity contribution in [2.24, 2.45) is 0 Å². The van der Waals surface area contributed by atoms with Crippen LogP contribution in [0.3, 0.4) is 0 Å². The highest BCUT2D eigenvalue weighted by atomic mass is 32.2. The first kappa shape index (κ1) is 23.7. The van der Waals surface area contributed by atoms with Crippen molar-refractivity contribution in [1.29, 1.82) is 5.26 Å². The number of rotatable bonds is 6. The number of hydrogen-bond donors (Lipinski definition) is 1. The molecule has 0 bridgehead atoms. The number of anilines is 3. The summed E-state index contributed by atoms with van der Waals surface area (Å²) in [7, 11) is 1.61. The predicted octanol–water partition coefficient (Wildman–Crippen LogP) is 4.95. The molecule has 0 atom stereocenters. The van der Waals surface area contributed by atoms with Gasteiger partial charge in [0.15, 0.2) is 5.69 Å². The van der Waals surface area contributed by atoms with E-state index in [4.69, 9.17) is 10.00 Å². The fraction of sp³-hybridized carbons (Fsp3) is 0.261. The van der Waals surface area contributed by atoms with E-state index in [0.29, 0.717) is 37.4 Å². The third kappa shape index (κ3) is 5.89. The molecule has 0 radical (unpaired) electrons. The fourth-order valence-electron chi connectivity index (χ4n) is 3.33. The lowest BCUT2D eigenvalue weighted by atomic mass is 10.2. The molecule has 3 aromatic rings.